The number of aliphatic hydroxyl groups is 1. The maximum absolute atomic E-state index is 13.2. The molecule has 108 valence electrons. The summed E-state index contributed by atoms with van der Waals surface area (Å²) < 4.78 is 13.2. The number of nitrogens with zero attached hydrogens (tertiary/aromatic N) is 1. The third-order valence-electron chi connectivity index (χ3n) is 3.81. The van der Waals surface area contributed by atoms with Crippen molar-refractivity contribution in [2.45, 2.75) is 45.8 Å². The number of halogens is 2. The average molecular weight is 288 g/mol. The third-order valence-corrected chi connectivity index (χ3v) is 4.18. The Kier molecular flexibility index (Phi) is 5.78. The molecule has 0 saturated carbocycles. The van der Waals surface area contributed by atoms with Crippen molar-refractivity contribution >= 4 is 11.6 Å². The maximum Gasteiger partial charge on any atom is 0.123 e. The number of rotatable bonds is 6. The van der Waals surface area contributed by atoms with E-state index in [1.165, 1.54) is 18.2 Å². The summed E-state index contributed by atoms with van der Waals surface area (Å²) in [5.41, 5.74) is 0.272. The molecule has 0 aromatic heterocycles. The van der Waals surface area contributed by atoms with Crippen LogP contribution in [0.2, 0.25) is 5.02 Å². The van der Waals surface area contributed by atoms with Crippen molar-refractivity contribution in [2.75, 3.05) is 13.1 Å². The van der Waals surface area contributed by atoms with E-state index >= 15 is 0 Å². The first kappa shape index (κ1) is 16.4. The van der Waals surface area contributed by atoms with Gasteiger partial charge >= 0.3 is 0 Å². The smallest absolute Gasteiger partial charge is 0.123 e. The van der Waals surface area contributed by atoms with Crippen molar-refractivity contribution in [1.29, 1.82) is 0 Å². The van der Waals surface area contributed by atoms with Gasteiger partial charge in [-0.15, -0.1) is 0 Å². The van der Waals surface area contributed by atoms with E-state index in [0.29, 0.717) is 17.0 Å². The average Bonchev–Trinajstić information content (AvgIpc) is 2.35. The molecule has 0 bridgehead atoms. The molecular formula is C15H23ClFNO. The van der Waals surface area contributed by atoms with Crippen LogP contribution in [-0.4, -0.2) is 34.7 Å². The van der Waals surface area contributed by atoms with Crippen LogP contribution >= 0.6 is 11.6 Å². The van der Waals surface area contributed by atoms with Gasteiger partial charge in [-0.2, -0.15) is 0 Å². The van der Waals surface area contributed by atoms with Gasteiger partial charge in [0.2, 0.25) is 0 Å². The zero-order chi connectivity index (χ0) is 14.6. The molecule has 0 aliphatic carbocycles. The summed E-state index contributed by atoms with van der Waals surface area (Å²) in [4.78, 5) is 2.19. The van der Waals surface area contributed by atoms with Crippen molar-refractivity contribution in [2.24, 2.45) is 0 Å². The highest BCUT2D eigenvalue weighted by atomic mass is 35.5. The Morgan fingerprint density at radius 2 is 1.89 bits per heavy atom. The Balaban J connectivity index is 2.89. The van der Waals surface area contributed by atoms with Crippen LogP contribution in [0.25, 0.3) is 0 Å². The molecule has 19 heavy (non-hydrogen) atoms. The van der Waals surface area contributed by atoms with Crippen LogP contribution in [0, 0.1) is 5.82 Å². The fraction of sp³-hybridized carbons (Fsp3) is 0.600. The highest BCUT2D eigenvalue weighted by Crippen LogP contribution is 2.25. The highest BCUT2D eigenvalue weighted by Gasteiger charge is 2.33. The summed E-state index contributed by atoms with van der Waals surface area (Å²) in [5.74, 6) is -0.327. The molecule has 1 aromatic rings. The quantitative estimate of drug-likeness (QED) is 0.865. The van der Waals surface area contributed by atoms with E-state index in [0.717, 1.165) is 13.1 Å². The van der Waals surface area contributed by atoms with Gasteiger partial charge in [0.1, 0.15) is 5.82 Å². The minimum absolute atomic E-state index is 0.327. The first-order valence-corrected chi connectivity index (χ1v) is 7.07. The lowest BCUT2D eigenvalue weighted by Gasteiger charge is -2.41. The zero-order valence-electron chi connectivity index (χ0n) is 12.1. The van der Waals surface area contributed by atoms with Crippen LogP contribution in [0.3, 0.4) is 0 Å². The number of aliphatic hydroxyl groups excluding tert-OH is 1. The lowest BCUT2D eigenvalue weighted by atomic mass is 9.90. The molecule has 0 fully saturated rings. The van der Waals surface area contributed by atoms with E-state index in [1.807, 2.05) is 13.8 Å². The standard InChI is InChI=1S/C15H23ClFNO/c1-5-18(6-2)15(3,4)14(19)10-11-9-12(17)7-8-13(11)16/h7-9,14,19H,5-6,10H2,1-4H3. The topological polar surface area (TPSA) is 23.5 Å². The fourth-order valence-corrected chi connectivity index (χ4v) is 2.60. The van der Waals surface area contributed by atoms with Gasteiger partial charge < -0.3 is 5.11 Å². The molecule has 1 N–H and O–H groups in total. The largest absolute Gasteiger partial charge is 0.391 e. The molecule has 0 spiro atoms. The molecule has 0 amide bonds. The van der Waals surface area contributed by atoms with E-state index in [9.17, 15) is 9.50 Å². The molecule has 0 aliphatic heterocycles. The minimum Gasteiger partial charge on any atom is -0.391 e. The summed E-state index contributed by atoms with van der Waals surface area (Å²) in [6, 6.07) is 4.25. The van der Waals surface area contributed by atoms with E-state index in [4.69, 9.17) is 11.6 Å². The minimum atomic E-state index is -0.605. The number of likely N-dealkylation sites (N-methyl/N-ethyl adjacent to an activating group) is 1. The van der Waals surface area contributed by atoms with Crippen molar-refractivity contribution < 1.29 is 9.50 Å². The molecular weight excluding hydrogens is 265 g/mol. The van der Waals surface area contributed by atoms with Gasteiger partial charge in [0.05, 0.1) is 6.10 Å². The zero-order valence-corrected chi connectivity index (χ0v) is 12.8. The second kappa shape index (κ2) is 6.69. The fourth-order valence-electron chi connectivity index (χ4n) is 2.41. The van der Waals surface area contributed by atoms with Crippen molar-refractivity contribution in [3.05, 3.63) is 34.6 Å². The van der Waals surface area contributed by atoms with E-state index in [2.05, 4.69) is 18.7 Å². The first-order valence-electron chi connectivity index (χ1n) is 6.69. The molecule has 4 heteroatoms. The molecule has 0 heterocycles. The van der Waals surface area contributed by atoms with Crippen LogP contribution < -0.4 is 0 Å². The lowest BCUT2D eigenvalue weighted by molar-refractivity contribution is -0.00416. The molecule has 2 nitrogen and oxygen atoms in total. The SMILES string of the molecule is CCN(CC)C(C)(C)C(O)Cc1cc(F)ccc1Cl. The van der Waals surface area contributed by atoms with Gasteiger partial charge in [-0.1, -0.05) is 25.4 Å². The van der Waals surface area contributed by atoms with Crippen molar-refractivity contribution in [1.82, 2.24) is 4.90 Å². The van der Waals surface area contributed by atoms with Crippen LogP contribution in [0.4, 0.5) is 4.39 Å². The predicted octanol–water partition coefficient (Wildman–Crippen LogP) is 3.50. The molecule has 1 aromatic carbocycles. The Morgan fingerprint density at radius 3 is 2.42 bits per heavy atom. The summed E-state index contributed by atoms with van der Waals surface area (Å²) in [7, 11) is 0. The van der Waals surface area contributed by atoms with Gasteiger partial charge in [0.25, 0.3) is 0 Å². The number of hydrogen-bond donors (Lipinski definition) is 1. The maximum atomic E-state index is 13.2. The molecule has 1 unspecified atom stereocenters. The summed E-state index contributed by atoms with van der Waals surface area (Å²) in [6.45, 7) is 9.84. The Labute approximate surface area is 120 Å². The third kappa shape index (κ3) is 3.91. The van der Waals surface area contributed by atoms with Gasteiger partial charge in [0, 0.05) is 17.0 Å². The van der Waals surface area contributed by atoms with Crippen LogP contribution in [0.5, 0.6) is 0 Å². The molecule has 1 rings (SSSR count). The summed E-state index contributed by atoms with van der Waals surface area (Å²) >= 11 is 6.05. The molecule has 1 atom stereocenters. The van der Waals surface area contributed by atoms with Gasteiger partial charge in [-0.25, -0.2) is 4.39 Å². The normalized spacial score (nSPS) is 13.9. The predicted molar refractivity (Wildman–Crippen MR) is 78.1 cm³/mol. The van der Waals surface area contributed by atoms with Crippen LogP contribution in [-0.2, 0) is 6.42 Å². The van der Waals surface area contributed by atoms with Crippen LogP contribution in [0.15, 0.2) is 18.2 Å². The van der Waals surface area contributed by atoms with E-state index < -0.39 is 6.10 Å². The van der Waals surface area contributed by atoms with E-state index in [1.54, 1.807) is 0 Å². The second-order valence-corrected chi connectivity index (χ2v) is 5.69. The van der Waals surface area contributed by atoms with E-state index in [-0.39, 0.29) is 11.4 Å². The number of hydrogen-bond acceptors (Lipinski definition) is 2. The van der Waals surface area contributed by atoms with Gasteiger partial charge in [-0.05, 0) is 50.7 Å². The Morgan fingerprint density at radius 1 is 1.32 bits per heavy atom. The van der Waals surface area contributed by atoms with Gasteiger partial charge in [-0.3, -0.25) is 4.90 Å². The number of benzene rings is 1. The Hall–Kier alpha value is -0.640. The van der Waals surface area contributed by atoms with Gasteiger partial charge in [0.15, 0.2) is 0 Å². The molecule has 0 saturated heterocycles. The lowest BCUT2D eigenvalue weighted by Crippen LogP contribution is -2.53. The second-order valence-electron chi connectivity index (χ2n) is 5.28. The Bertz CT molecular complexity index is 419. The van der Waals surface area contributed by atoms with Crippen LogP contribution in [0.1, 0.15) is 33.3 Å². The van der Waals surface area contributed by atoms with Crippen molar-refractivity contribution in [3.8, 4) is 0 Å². The summed E-state index contributed by atoms with van der Waals surface area (Å²) in [5, 5.41) is 11.0. The first-order chi connectivity index (χ1) is 8.82. The molecule has 0 radical (unpaired) electrons. The highest BCUT2D eigenvalue weighted by molar-refractivity contribution is 6.31. The molecule has 0 aliphatic rings. The summed E-state index contributed by atoms with van der Waals surface area (Å²) in [6.07, 6.45) is -0.258. The monoisotopic (exact) mass is 287 g/mol. The van der Waals surface area contributed by atoms with Crippen molar-refractivity contribution in [3.63, 3.8) is 0 Å².